The molecule has 5 nitrogen and oxygen atoms in total. The summed E-state index contributed by atoms with van der Waals surface area (Å²) in [6.07, 6.45) is 4.32. The molecule has 92 valence electrons. The largest absolute Gasteiger partial charge is 0.468 e. The van der Waals surface area contributed by atoms with E-state index in [0.29, 0.717) is 0 Å². The summed E-state index contributed by atoms with van der Waals surface area (Å²) in [5, 5.41) is 9.69. The van der Waals surface area contributed by atoms with Crippen molar-refractivity contribution in [2.45, 2.75) is 36.3 Å². The average molecular weight is 266 g/mol. The standard InChI is InChI=1S/C9H16ClN3O2S/c1-15-8(11)12-9(14)13-16-7-5-3-2-4-6(7)10/h6-7H,2-5H2,1H3,(H3,11,12,13,14). The third-order valence-electron chi connectivity index (χ3n) is 2.36. The van der Waals surface area contributed by atoms with Gasteiger partial charge >= 0.3 is 6.03 Å². The summed E-state index contributed by atoms with van der Waals surface area (Å²) in [7, 11) is 1.33. The smallest absolute Gasteiger partial charge is 0.332 e. The molecule has 0 saturated heterocycles. The number of halogens is 1. The molecule has 1 fully saturated rings. The normalized spacial score (nSPS) is 24.6. The molecule has 1 aliphatic rings. The van der Waals surface area contributed by atoms with Crippen LogP contribution >= 0.6 is 23.5 Å². The minimum atomic E-state index is -0.453. The Kier molecular flexibility index (Phi) is 5.76. The van der Waals surface area contributed by atoms with E-state index in [1.165, 1.54) is 19.1 Å². The lowest BCUT2D eigenvalue weighted by Crippen LogP contribution is -2.38. The second-order valence-electron chi connectivity index (χ2n) is 3.55. The molecule has 7 heteroatoms. The van der Waals surface area contributed by atoms with E-state index in [-0.39, 0.29) is 16.6 Å². The van der Waals surface area contributed by atoms with Crippen LogP contribution in [0.5, 0.6) is 0 Å². The number of hydrogen-bond donors (Lipinski definition) is 3. The molecule has 2 atom stereocenters. The molecule has 1 aliphatic carbocycles. The van der Waals surface area contributed by atoms with E-state index in [1.807, 2.05) is 0 Å². The second kappa shape index (κ2) is 6.85. The predicted molar refractivity (Wildman–Crippen MR) is 65.9 cm³/mol. The number of alkyl halides is 1. The fourth-order valence-corrected chi connectivity index (χ4v) is 2.81. The van der Waals surface area contributed by atoms with Crippen molar-refractivity contribution in [2.75, 3.05) is 7.11 Å². The van der Waals surface area contributed by atoms with Crippen LogP contribution < -0.4 is 10.0 Å². The number of carbonyl (C=O) groups excluding carboxylic acids is 1. The lowest BCUT2D eigenvalue weighted by Gasteiger charge is -2.25. The Bertz CT molecular complexity index is 265. The summed E-state index contributed by atoms with van der Waals surface area (Å²) in [5.41, 5.74) is 0. The van der Waals surface area contributed by atoms with Gasteiger partial charge in [0.15, 0.2) is 0 Å². The molecule has 2 unspecified atom stereocenters. The molecule has 16 heavy (non-hydrogen) atoms. The van der Waals surface area contributed by atoms with Gasteiger partial charge in [-0.25, -0.2) is 4.79 Å². The molecule has 3 N–H and O–H groups in total. The molecule has 0 radical (unpaired) electrons. The summed E-state index contributed by atoms with van der Waals surface area (Å²) >= 11 is 7.46. The van der Waals surface area contributed by atoms with Crippen molar-refractivity contribution in [3.63, 3.8) is 0 Å². The maximum absolute atomic E-state index is 11.3. The highest BCUT2D eigenvalue weighted by Gasteiger charge is 2.24. The van der Waals surface area contributed by atoms with E-state index in [1.54, 1.807) is 0 Å². The highest BCUT2D eigenvalue weighted by atomic mass is 35.5. The minimum absolute atomic E-state index is 0.112. The molecule has 0 aromatic heterocycles. The fourth-order valence-electron chi connectivity index (χ4n) is 1.49. The number of methoxy groups -OCH3 is 1. The van der Waals surface area contributed by atoms with Gasteiger partial charge in [0.25, 0.3) is 6.02 Å². The van der Waals surface area contributed by atoms with E-state index >= 15 is 0 Å². The summed E-state index contributed by atoms with van der Waals surface area (Å²) in [4.78, 5) is 11.3. The topological polar surface area (TPSA) is 74.2 Å². The van der Waals surface area contributed by atoms with Gasteiger partial charge in [0.05, 0.1) is 7.11 Å². The molecule has 0 bridgehead atoms. The number of amidine groups is 1. The molecular formula is C9H16ClN3O2S. The quantitative estimate of drug-likeness (QED) is 0.310. The number of ether oxygens (including phenoxy) is 1. The van der Waals surface area contributed by atoms with Gasteiger partial charge in [-0.3, -0.25) is 15.4 Å². The molecule has 0 aliphatic heterocycles. The van der Waals surface area contributed by atoms with Crippen LogP contribution in [0.2, 0.25) is 0 Å². The first-order valence-corrected chi connectivity index (χ1v) is 6.44. The monoisotopic (exact) mass is 265 g/mol. The first-order valence-electron chi connectivity index (χ1n) is 5.12. The van der Waals surface area contributed by atoms with E-state index in [2.05, 4.69) is 14.8 Å². The molecule has 0 heterocycles. The first kappa shape index (κ1) is 13.4. The number of rotatable bonds is 2. The van der Waals surface area contributed by atoms with Crippen LogP contribution in [-0.4, -0.2) is 29.8 Å². The van der Waals surface area contributed by atoms with Crippen LogP contribution in [-0.2, 0) is 4.74 Å². The maximum atomic E-state index is 11.3. The number of nitrogens with one attached hydrogen (secondary N) is 3. The zero-order chi connectivity index (χ0) is 12.0. The van der Waals surface area contributed by atoms with E-state index < -0.39 is 6.03 Å². The van der Waals surface area contributed by atoms with Crippen LogP contribution in [0.1, 0.15) is 25.7 Å². The van der Waals surface area contributed by atoms with Crippen LogP contribution in [0, 0.1) is 5.41 Å². The van der Waals surface area contributed by atoms with Crippen molar-refractivity contribution < 1.29 is 9.53 Å². The second-order valence-corrected chi connectivity index (χ2v) is 5.15. The van der Waals surface area contributed by atoms with Crippen LogP contribution in [0.25, 0.3) is 0 Å². The number of amides is 2. The van der Waals surface area contributed by atoms with Crippen molar-refractivity contribution in [3.05, 3.63) is 0 Å². The van der Waals surface area contributed by atoms with Gasteiger partial charge in [-0.2, -0.15) is 0 Å². The summed E-state index contributed by atoms with van der Waals surface area (Å²) < 4.78 is 7.12. The molecular weight excluding hydrogens is 250 g/mol. The van der Waals surface area contributed by atoms with Gasteiger partial charge in [-0.05, 0) is 24.8 Å². The Morgan fingerprint density at radius 1 is 1.50 bits per heavy atom. The molecule has 1 rings (SSSR count). The van der Waals surface area contributed by atoms with Gasteiger partial charge in [0.2, 0.25) is 0 Å². The Labute approximate surface area is 104 Å². The number of hydrogen-bond acceptors (Lipinski definition) is 4. The maximum Gasteiger partial charge on any atom is 0.332 e. The highest BCUT2D eigenvalue weighted by molar-refractivity contribution is 7.98. The summed E-state index contributed by atoms with van der Waals surface area (Å²) in [6, 6.07) is -0.726. The number of carbonyl (C=O) groups is 1. The zero-order valence-electron chi connectivity index (χ0n) is 9.09. The third kappa shape index (κ3) is 4.49. The molecule has 1 saturated carbocycles. The van der Waals surface area contributed by atoms with Crippen molar-refractivity contribution in [3.8, 4) is 0 Å². The molecule has 0 aromatic rings. The molecule has 2 amide bonds. The third-order valence-corrected chi connectivity index (χ3v) is 4.20. The molecule has 0 aromatic carbocycles. The van der Waals surface area contributed by atoms with Gasteiger partial charge in [0.1, 0.15) is 0 Å². The Morgan fingerprint density at radius 2 is 2.19 bits per heavy atom. The van der Waals surface area contributed by atoms with Crippen molar-refractivity contribution in [1.29, 1.82) is 5.41 Å². The Hall–Kier alpha value is -0.620. The summed E-state index contributed by atoms with van der Waals surface area (Å²) in [6.45, 7) is 0. The average Bonchev–Trinajstić information content (AvgIpc) is 2.28. The predicted octanol–water partition coefficient (Wildman–Crippen LogP) is 2.06. The van der Waals surface area contributed by atoms with Gasteiger partial charge in [-0.1, -0.05) is 12.8 Å². The number of urea groups is 1. The first-order chi connectivity index (χ1) is 7.63. The van der Waals surface area contributed by atoms with Gasteiger partial charge in [-0.15, -0.1) is 11.6 Å². The highest BCUT2D eigenvalue weighted by Crippen LogP contribution is 2.30. The van der Waals surface area contributed by atoms with Crippen LogP contribution in [0.3, 0.4) is 0 Å². The van der Waals surface area contributed by atoms with Crippen molar-refractivity contribution >= 4 is 35.6 Å². The fraction of sp³-hybridized carbons (Fsp3) is 0.778. The lowest BCUT2D eigenvalue weighted by molar-refractivity contribution is 0.247. The molecule has 0 spiro atoms. The minimum Gasteiger partial charge on any atom is -0.468 e. The van der Waals surface area contributed by atoms with Crippen molar-refractivity contribution in [2.24, 2.45) is 0 Å². The van der Waals surface area contributed by atoms with Gasteiger partial charge < -0.3 is 4.74 Å². The lowest BCUT2D eigenvalue weighted by atomic mass is 10.00. The van der Waals surface area contributed by atoms with Gasteiger partial charge in [0, 0.05) is 10.6 Å². The van der Waals surface area contributed by atoms with E-state index in [9.17, 15) is 4.79 Å². The van der Waals surface area contributed by atoms with Crippen LogP contribution in [0.4, 0.5) is 4.79 Å². The Balaban J connectivity index is 2.22. The SMILES string of the molecule is COC(=N)NC(=O)NSC1CCCCC1Cl. The van der Waals surface area contributed by atoms with E-state index in [0.717, 1.165) is 25.7 Å². The van der Waals surface area contributed by atoms with E-state index in [4.69, 9.17) is 17.0 Å². The summed E-state index contributed by atoms with van der Waals surface area (Å²) in [5.74, 6) is 0. The zero-order valence-corrected chi connectivity index (χ0v) is 10.7. The van der Waals surface area contributed by atoms with Crippen LogP contribution in [0.15, 0.2) is 0 Å². The van der Waals surface area contributed by atoms with Crippen molar-refractivity contribution in [1.82, 2.24) is 10.0 Å². The Morgan fingerprint density at radius 3 is 2.81 bits per heavy atom.